The number of nitrogen functional groups attached to an aromatic ring is 1. The van der Waals surface area contributed by atoms with Crippen LogP contribution in [0.25, 0.3) is 11.2 Å². The first-order chi connectivity index (χ1) is 9.93. The van der Waals surface area contributed by atoms with Crippen LogP contribution in [-0.2, 0) is 6.18 Å². The lowest BCUT2D eigenvalue weighted by molar-refractivity contribution is -0.141. The smallest absolute Gasteiger partial charge is 0.368 e. The van der Waals surface area contributed by atoms with Crippen molar-refractivity contribution in [3.8, 4) is 0 Å². The van der Waals surface area contributed by atoms with E-state index in [0.717, 1.165) is 17.8 Å². The fraction of sp³-hybridized carbons (Fsp3) is 0.100. The predicted octanol–water partition coefficient (Wildman–Crippen LogP) is 1.90. The Hall–Kier alpha value is -2.43. The molecular weight excluding hydrogens is 307 g/mol. The predicted molar refractivity (Wildman–Crippen MR) is 67.3 cm³/mol. The SMILES string of the molecule is Nc1nc(Sc2ncnc3nc[nH]c23)cc(C(F)(F)F)n1. The van der Waals surface area contributed by atoms with E-state index in [1.807, 2.05) is 0 Å². The Labute approximate surface area is 119 Å². The van der Waals surface area contributed by atoms with Crippen molar-refractivity contribution in [3.05, 3.63) is 24.4 Å². The molecule has 11 heteroatoms. The summed E-state index contributed by atoms with van der Waals surface area (Å²) in [5.74, 6) is -0.456. The summed E-state index contributed by atoms with van der Waals surface area (Å²) in [7, 11) is 0. The van der Waals surface area contributed by atoms with Crippen LogP contribution in [0.3, 0.4) is 0 Å². The number of nitrogens with zero attached hydrogens (tertiary/aromatic N) is 5. The summed E-state index contributed by atoms with van der Waals surface area (Å²) < 4.78 is 38.1. The Kier molecular flexibility index (Phi) is 3.12. The van der Waals surface area contributed by atoms with Gasteiger partial charge >= 0.3 is 6.18 Å². The highest BCUT2D eigenvalue weighted by molar-refractivity contribution is 7.99. The van der Waals surface area contributed by atoms with E-state index in [2.05, 4.69) is 29.9 Å². The number of nitrogens with two attached hydrogens (primary N) is 1. The fourth-order valence-electron chi connectivity index (χ4n) is 1.56. The first-order valence-corrected chi connectivity index (χ1v) is 6.29. The summed E-state index contributed by atoms with van der Waals surface area (Å²) in [4.78, 5) is 21.6. The molecule has 0 unspecified atom stereocenters. The largest absolute Gasteiger partial charge is 0.433 e. The third kappa shape index (κ3) is 2.72. The van der Waals surface area contributed by atoms with Gasteiger partial charge in [-0.3, -0.25) is 0 Å². The summed E-state index contributed by atoms with van der Waals surface area (Å²) in [6.07, 6.45) is -1.92. The Morgan fingerprint density at radius 3 is 2.71 bits per heavy atom. The molecule has 0 saturated heterocycles. The zero-order valence-electron chi connectivity index (χ0n) is 10.1. The van der Waals surface area contributed by atoms with E-state index in [4.69, 9.17) is 5.73 Å². The van der Waals surface area contributed by atoms with Gasteiger partial charge < -0.3 is 10.7 Å². The molecule has 0 aliphatic carbocycles. The maximum absolute atomic E-state index is 12.7. The van der Waals surface area contributed by atoms with Crippen molar-refractivity contribution < 1.29 is 13.2 Å². The average Bonchev–Trinajstić information content (AvgIpc) is 2.86. The zero-order chi connectivity index (χ0) is 15.0. The molecule has 0 aromatic carbocycles. The van der Waals surface area contributed by atoms with Gasteiger partial charge in [0.25, 0.3) is 0 Å². The molecule has 0 amide bonds. The number of anilines is 1. The van der Waals surface area contributed by atoms with Crippen molar-refractivity contribution in [3.63, 3.8) is 0 Å². The summed E-state index contributed by atoms with van der Waals surface area (Å²) >= 11 is 0.913. The number of fused-ring (bicyclic) bond motifs is 1. The van der Waals surface area contributed by atoms with Gasteiger partial charge in [-0.15, -0.1) is 0 Å². The number of hydrogen-bond donors (Lipinski definition) is 2. The highest BCUT2D eigenvalue weighted by atomic mass is 32.2. The number of aromatic nitrogens is 6. The van der Waals surface area contributed by atoms with Crippen molar-refractivity contribution in [2.75, 3.05) is 5.73 Å². The molecular formula is C10H6F3N7S. The molecule has 3 heterocycles. The van der Waals surface area contributed by atoms with Crippen molar-refractivity contribution >= 4 is 28.9 Å². The van der Waals surface area contributed by atoms with Crippen LogP contribution in [0.15, 0.2) is 28.8 Å². The van der Waals surface area contributed by atoms with Crippen LogP contribution in [0.1, 0.15) is 5.69 Å². The summed E-state index contributed by atoms with van der Waals surface area (Å²) in [6.45, 7) is 0. The molecule has 0 bridgehead atoms. The molecule has 3 N–H and O–H groups in total. The lowest BCUT2D eigenvalue weighted by Gasteiger charge is -2.08. The molecule has 0 fully saturated rings. The Morgan fingerprint density at radius 1 is 1.14 bits per heavy atom. The van der Waals surface area contributed by atoms with Crippen LogP contribution in [0.5, 0.6) is 0 Å². The number of alkyl halides is 3. The molecule has 0 aliphatic heterocycles. The van der Waals surface area contributed by atoms with Gasteiger partial charge in [-0.1, -0.05) is 0 Å². The van der Waals surface area contributed by atoms with Crippen molar-refractivity contribution in [1.29, 1.82) is 0 Å². The van der Waals surface area contributed by atoms with E-state index < -0.39 is 17.8 Å². The normalized spacial score (nSPS) is 12.0. The number of H-pyrrole nitrogens is 1. The first kappa shape index (κ1) is 13.5. The molecule has 0 radical (unpaired) electrons. The maximum Gasteiger partial charge on any atom is 0.433 e. The topological polar surface area (TPSA) is 106 Å². The first-order valence-electron chi connectivity index (χ1n) is 5.47. The number of halogens is 3. The molecule has 0 saturated carbocycles. The maximum atomic E-state index is 12.7. The van der Waals surface area contributed by atoms with Gasteiger partial charge in [0.1, 0.15) is 21.9 Å². The molecule has 0 atom stereocenters. The second-order valence-electron chi connectivity index (χ2n) is 3.83. The third-order valence-electron chi connectivity index (χ3n) is 2.40. The number of hydrogen-bond acceptors (Lipinski definition) is 7. The Morgan fingerprint density at radius 2 is 1.95 bits per heavy atom. The van der Waals surface area contributed by atoms with Crippen molar-refractivity contribution in [2.45, 2.75) is 16.2 Å². The van der Waals surface area contributed by atoms with Gasteiger partial charge in [0, 0.05) is 6.07 Å². The quantitative estimate of drug-likeness (QED) is 0.696. The number of nitrogens with one attached hydrogen (secondary N) is 1. The zero-order valence-corrected chi connectivity index (χ0v) is 10.9. The average molecular weight is 313 g/mol. The molecule has 3 aromatic heterocycles. The van der Waals surface area contributed by atoms with Crippen molar-refractivity contribution in [2.24, 2.45) is 0 Å². The number of rotatable bonds is 2. The molecule has 3 aromatic rings. The van der Waals surface area contributed by atoms with E-state index in [9.17, 15) is 13.2 Å². The highest BCUT2D eigenvalue weighted by Gasteiger charge is 2.33. The van der Waals surface area contributed by atoms with Gasteiger partial charge in [0.05, 0.1) is 6.33 Å². The van der Waals surface area contributed by atoms with E-state index in [1.165, 1.54) is 12.7 Å². The van der Waals surface area contributed by atoms with Crippen LogP contribution in [0.4, 0.5) is 19.1 Å². The molecule has 7 nitrogen and oxygen atoms in total. The Balaban J connectivity index is 2.02. The molecule has 0 spiro atoms. The van der Waals surface area contributed by atoms with Gasteiger partial charge in [0.15, 0.2) is 11.3 Å². The minimum Gasteiger partial charge on any atom is -0.368 e. The van der Waals surface area contributed by atoms with Crippen LogP contribution >= 0.6 is 11.8 Å². The highest BCUT2D eigenvalue weighted by Crippen LogP contribution is 2.33. The summed E-state index contributed by atoms with van der Waals surface area (Å²) in [5, 5.41) is 0.424. The van der Waals surface area contributed by atoms with E-state index >= 15 is 0 Å². The van der Waals surface area contributed by atoms with E-state index in [0.29, 0.717) is 16.2 Å². The standard InChI is InChI=1S/C10H6F3N7S/c11-10(12,13)4-1-5(20-9(14)19-4)21-8-6-7(16-2-15-6)17-3-18-8/h1-3H,(H2,14,19,20)(H,15,16,17,18). The summed E-state index contributed by atoms with van der Waals surface area (Å²) in [5.41, 5.74) is 5.13. The van der Waals surface area contributed by atoms with Gasteiger partial charge in [0.2, 0.25) is 5.95 Å². The lowest BCUT2D eigenvalue weighted by atomic mass is 10.4. The number of aromatic amines is 1. The second-order valence-corrected chi connectivity index (χ2v) is 4.84. The Bertz CT molecular complexity index is 801. The minimum absolute atomic E-state index is 0.0319. The summed E-state index contributed by atoms with van der Waals surface area (Å²) in [6, 6.07) is 0.811. The van der Waals surface area contributed by atoms with E-state index in [-0.39, 0.29) is 5.03 Å². The van der Waals surface area contributed by atoms with Gasteiger partial charge in [-0.25, -0.2) is 24.9 Å². The molecule has 0 aliphatic rings. The fourth-order valence-corrected chi connectivity index (χ4v) is 2.42. The lowest BCUT2D eigenvalue weighted by Crippen LogP contribution is -2.11. The van der Waals surface area contributed by atoms with Gasteiger partial charge in [-0.2, -0.15) is 13.2 Å². The minimum atomic E-state index is -4.60. The third-order valence-corrected chi connectivity index (χ3v) is 3.32. The van der Waals surface area contributed by atoms with Gasteiger partial charge in [-0.05, 0) is 11.8 Å². The molecule has 3 rings (SSSR count). The second kappa shape index (κ2) is 4.84. The van der Waals surface area contributed by atoms with Crippen LogP contribution < -0.4 is 5.73 Å². The van der Waals surface area contributed by atoms with E-state index in [1.54, 1.807) is 0 Å². The molecule has 21 heavy (non-hydrogen) atoms. The van der Waals surface area contributed by atoms with Crippen molar-refractivity contribution in [1.82, 2.24) is 29.9 Å². The monoisotopic (exact) mass is 313 g/mol. The van der Waals surface area contributed by atoms with Crippen LogP contribution in [-0.4, -0.2) is 29.9 Å². The van der Waals surface area contributed by atoms with Crippen LogP contribution in [0.2, 0.25) is 0 Å². The van der Waals surface area contributed by atoms with Crippen LogP contribution in [0, 0.1) is 0 Å². The molecule has 108 valence electrons. The number of imidazole rings is 1.